The highest BCUT2D eigenvalue weighted by atomic mass is 16.5. The van der Waals surface area contributed by atoms with Gasteiger partial charge in [-0.1, -0.05) is 11.5 Å². The Morgan fingerprint density at radius 1 is 1.35 bits per heavy atom. The highest BCUT2D eigenvalue weighted by molar-refractivity contribution is 6.38. The quantitative estimate of drug-likeness (QED) is 0.646. The number of nitrogens with zero attached hydrogens (tertiary/aromatic N) is 5. The number of nitrogens with one attached hydrogen (secondary N) is 1. The molecule has 0 amide bonds. The number of morpholine rings is 1. The van der Waals surface area contributed by atoms with Gasteiger partial charge in [0.2, 0.25) is 5.95 Å². The van der Waals surface area contributed by atoms with Crippen molar-refractivity contribution in [2.75, 3.05) is 31.1 Å². The molecule has 0 bridgehead atoms. The van der Waals surface area contributed by atoms with Gasteiger partial charge in [-0.05, 0) is 44.0 Å². The van der Waals surface area contributed by atoms with Crippen LogP contribution in [-0.4, -0.2) is 60.8 Å². The molecule has 1 unspecified atom stereocenters. The van der Waals surface area contributed by atoms with Crippen molar-refractivity contribution >= 4 is 30.3 Å². The fourth-order valence-corrected chi connectivity index (χ4v) is 5.00. The first-order valence-corrected chi connectivity index (χ1v) is 11.0. The van der Waals surface area contributed by atoms with Crippen molar-refractivity contribution in [2.45, 2.75) is 38.5 Å². The van der Waals surface area contributed by atoms with Crippen LogP contribution >= 0.6 is 0 Å². The van der Waals surface area contributed by atoms with Crippen molar-refractivity contribution in [1.82, 2.24) is 19.9 Å². The second-order valence-electron chi connectivity index (χ2n) is 8.70. The molecule has 1 N–H and O–H groups in total. The lowest BCUT2D eigenvalue weighted by atomic mass is 9.92. The van der Waals surface area contributed by atoms with Crippen LogP contribution in [0.15, 0.2) is 30.5 Å². The molecule has 3 aromatic rings. The van der Waals surface area contributed by atoms with Crippen LogP contribution in [-0.2, 0) is 4.74 Å². The molecule has 2 saturated heterocycles. The molecule has 0 saturated carbocycles. The number of benzene rings is 1. The number of pyridine rings is 1. The Hall–Kier alpha value is -2.89. The Kier molecular flexibility index (Phi) is 5.16. The lowest BCUT2D eigenvalue weighted by Crippen LogP contribution is -2.58. The molecule has 2 aliphatic rings. The van der Waals surface area contributed by atoms with Gasteiger partial charge in [-0.25, -0.2) is 4.98 Å². The zero-order valence-electron chi connectivity index (χ0n) is 18.3. The van der Waals surface area contributed by atoms with Crippen molar-refractivity contribution in [2.24, 2.45) is 0 Å². The number of ether oxygens (including phenoxy) is 1. The molecule has 3 atom stereocenters. The minimum absolute atomic E-state index is 0.0116. The Morgan fingerprint density at radius 2 is 2.23 bits per heavy atom. The number of imidazole rings is 1. The lowest BCUT2D eigenvalue weighted by Gasteiger charge is -2.42. The Bertz CT molecular complexity index is 1150. The zero-order chi connectivity index (χ0) is 21.5. The van der Waals surface area contributed by atoms with Crippen LogP contribution in [0.25, 0.3) is 11.0 Å². The minimum Gasteiger partial charge on any atom is -0.375 e. The molecule has 2 aromatic heterocycles. The number of anilines is 1. The van der Waals surface area contributed by atoms with Crippen LogP contribution in [0.1, 0.15) is 36.2 Å². The average molecular weight is 414 g/mol. The van der Waals surface area contributed by atoms with Crippen molar-refractivity contribution in [3.63, 3.8) is 0 Å². The fraction of sp³-hybridized carbons (Fsp3) is 0.435. The number of nitriles is 1. The van der Waals surface area contributed by atoms with Crippen LogP contribution < -0.4 is 15.7 Å². The van der Waals surface area contributed by atoms with Gasteiger partial charge >= 0.3 is 0 Å². The van der Waals surface area contributed by atoms with Crippen LogP contribution in [0.4, 0.5) is 5.95 Å². The summed E-state index contributed by atoms with van der Waals surface area (Å²) in [5, 5.41) is 12.8. The summed E-state index contributed by atoms with van der Waals surface area (Å²) < 4.78 is 8.30. The van der Waals surface area contributed by atoms with E-state index in [9.17, 15) is 0 Å². The maximum absolute atomic E-state index is 9.14. The molecule has 0 aliphatic carbocycles. The number of hydrogen-bond acceptors (Lipinski definition) is 6. The van der Waals surface area contributed by atoms with Crippen LogP contribution in [0, 0.1) is 18.3 Å². The molecule has 7 nitrogen and oxygen atoms in total. The third kappa shape index (κ3) is 3.58. The largest absolute Gasteiger partial charge is 0.375 e. The van der Waals surface area contributed by atoms with Gasteiger partial charge in [0.15, 0.2) is 0 Å². The van der Waals surface area contributed by atoms with E-state index in [0.717, 1.165) is 55.3 Å². The van der Waals surface area contributed by atoms with Gasteiger partial charge in [0.05, 0.1) is 47.1 Å². The second-order valence-corrected chi connectivity index (χ2v) is 8.70. The first kappa shape index (κ1) is 20.0. The number of aryl methyl sites for hydroxylation is 1. The zero-order valence-corrected chi connectivity index (χ0v) is 18.3. The third-order valence-electron chi connectivity index (χ3n) is 6.51. The van der Waals surface area contributed by atoms with Gasteiger partial charge in [-0.15, -0.1) is 0 Å². The Labute approximate surface area is 183 Å². The van der Waals surface area contributed by atoms with E-state index in [1.165, 1.54) is 11.0 Å². The van der Waals surface area contributed by atoms with E-state index in [1.807, 2.05) is 12.1 Å². The molecule has 0 radical (unpaired) electrons. The van der Waals surface area contributed by atoms with Crippen molar-refractivity contribution in [3.05, 3.63) is 47.3 Å². The summed E-state index contributed by atoms with van der Waals surface area (Å²) in [5.74, 6) is 0.980. The predicted molar refractivity (Wildman–Crippen MR) is 124 cm³/mol. The summed E-state index contributed by atoms with van der Waals surface area (Å²) in [6, 6.07) is 10.6. The van der Waals surface area contributed by atoms with Crippen LogP contribution in [0.2, 0.25) is 0 Å². The monoisotopic (exact) mass is 414 g/mol. The van der Waals surface area contributed by atoms with E-state index in [2.05, 4.69) is 59.7 Å². The topological polar surface area (TPSA) is 79.0 Å². The maximum Gasteiger partial charge on any atom is 0.207 e. The normalized spacial score (nSPS) is 22.2. The summed E-state index contributed by atoms with van der Waals surface area (Å²) in [7, 11) is 2.15. The smallest absolute Gasteiger partial charge is 0.207 e. The lowest BCUT2D eigenvalue weighted by molar-refractivity contribution is -0.0137. The van der Waals surface area contributed by atoms with E-state index in [0.29, 0.717) is 11.6 Å². The standard InChI is InChI=1S/C23H27BN6O/c1-14-9-17(24)22-19(10-14)28-23(29-7-5-21-20(13-29)26-6-8-31-21)30(22)15(2)18-4-3-16(11-25)12-27-18/h3-4,9-10,12,15,20-21,26H,5-8,13,24H2,1-2H3/t15-,20?,21-/m0/s1. The van der Waals surface area contributed by atoms with Gasteiger partial charge in [0.1, 0.15) is 13.9 Å². The molecule has 0 spiro atoms. The number of piperidine rings is 1. The Balaban J connectivity index is 1.60. The van der Waals surface area contributed by atoms with Gasteiger partial charge in [-0.2, -0.15) is 5.26 Å². The average Bonchev–Trinajstić information content (AvgIpc) is 3.18. The fourth-order valence-electron chi connectivity index (χ4n) is 5.00. The molecule has 31 heavy (non-hydrogen) atoms. The van der Waals surface area contributed by atoms with E-state index >= 15 is 0 Å². The first-order valence-electron chi connectivity index (χ1n) is 11.0. The predicted octanol–water partition coefficient (Wildman–Crippen LogP) is 1.05. The molecule has 1 aromatic carbocycles. The number of rotatable bonds is 3. The SMILES string of the molecule is Bc1cc(C)cc2nc(N3CC[C@@H]4OCCNC4C3)n([C@@H](C)c3ccc(C#N)cn3)c12. The highest BCUT2D eigenvalue weighted by Gasteiger charge is 2.34. The van der Waals surface area contributed by atoms with Gasteiger partial charge in [0.25, 0.3) is 0 Å². The van der Waals surface area contributed by atoms with E-state index in [1.54, 1.807) is 6.20 Å². The Morgan fingerprint density at radius 3 is 3.00 bits per heavy atom. The highest BCUT2D eigenvalue weighted by Crippen LogP contribution is 2.31. The van der Waals surface area contributed by atoms with Gasteiger partial charge in [-0.3, -0.25) is 4.98 Å². The van der Waals surface area contributed by atoms with Gasteiger partial charge < -0.3 is 19.5 Å². The van der Waals surface area contributed by atoms with Gasteiger partial charge in [0, 0.05) is 25.8 Å². The second kappa shape index (κ2) is 7.99. The molecule has 4 heterocycles. The molecular formula is C23H27BN6O. The summed E-state index contributed by atoms with van der Waals surface area (Å²) in [5.41, 5.74) is 6.09. The third-order valence-corrected chi connectivity index (χ3v) is 6.51. The van der Waals surface area contributed by atoms with Crippen molar-refractivity contribution < 1.29 is 4.74 Å². The molecule has 2 fully saturated rings. The van der Waals surface area contributed by atoms with E-state index in [4.69, 9.17) is 15.0 Å². The van der Waals surface area contributed by atoms with Crippen molar-refractivity contribution in [1.29, 1.82) is 5.26 Å². The minimum atomic E-state index is -0.0116. The molecule has 158 valence electrons. The number of hydrogen-bond donors (Lipinski definition) is 1. The molecule has 5 rings (SSSR count). The van der Waals surface area contributed by atoms with Crippen LogP contribution in [0.3, 0.4) is 0 Å². The summed E-state index contributed by atoms with van der Waals surface area (Å²) >= 11 is 0. The molecule has 8 heteroatoms. The van der Waals surface area contributed by atoms with E-state index in [-0.39, 0.29) is 12.1 Å². The van der Waals surface area contributed by atoms with Crippen LogP contribution in [0.5, 0.6) is 0 Å². The summed E-state index contributed by atoms with van der Waals surface area (Å²) in [6.07, 6.45) is 2.92. The summed E-state index contributed by atoms with van der Waals surface area (Å²) in [4.78, 5) is 12.1. The number of fused-ring (bicyclic) bond motifs is 2. The van der Waals surface area contributed by atoms with E-state index < -0.39 is 0 Å². The summed E-state index contributed by atoms with van der Waals surface area (Å²) in [6.45, 7) is 7.75. The van der Waals surface area contributed by atoms with Crippen molar-refractivity contribution in [3.8, 4) is 6.07 Å². The number of aromatic nitrogens is 3. The molecule has 2 aliphatic heterocycles. The molecular weight excluding hydrogens is 387 g/mol. The first-order chi connectivity index (χ1) is 15.0. The maximum atomic E-state index is 9.14.